The van der Waals surface area contributed by atoms with E-state index >= 15 is 0 Å². The van der Waals surface area contributed by atoms with Crippen molar-refractivity contribution in [3.63, 3.8) is 0 Å². The highest BCUT2D eigenvalue weighted by atomic mass is 35.5. The first-order chi connectivity index (χ1) is 12.5. The molecule has 0 saturated carbocycles. The topological polar surface area (TPSA) is 49.4 Å². The Morgan fingerprint density at radius 2 is 1.81 bits per heavy atom. The Morgan fingerprint density at radius 1 is 1.12 bits per heavy atom. The molecule has 1 unspecified atom stereocenters. The van der Waals surface area contributed by atoms with Crippen LogP contribution in [-0.2, 0) is 11.3 Å². The summed E-state index contributed by atoms with van der Waals surface area (Å²) in [5, 5.41) is 4.18. The first-order valence-corrected chi connectivity index (χ1v) is 9.30. The van der Waals surface area contributed by atoms with Gasteiger partial charge < -0.3 is 10.2 Å². The number of halogens is 2. The van der Waals surface area contributed by atoms with Gasteiger partial charge in [0.05, 0.1) is 0 Å². The Kier molecular flexibility index (Phi) is 5.84. The molecule has 4 nitrogen and oxygen atoms in total. The minimum absolute atomic E-state index is 0.122. The van der Waals surface area contributed by atoms with Crippen molar-refractivity contribution in [1.82, 2.24) is 10.2 Å². The SMILES string of the molecule is Cc1cc(Cl)ccc1C(=O)N1CCCC1C(=O)NCc1ccc(Cl)cc1. The minimum Gasteiger partial charge on any atom is -0.350 e. The maximum Gasteiger partial charge on any atom is 0.254 e. The zero-order chi connectivity index (χ0) is 18.7. The molecule has 136 valence electrons. The highest BCUT2D eigenvalue weighted by molar-refractivity contribution is 6.31. The Hall–Kier alpha value is -2.04. The monoisotopic (exact) mass is 390 g/mol. The molecule has 1 atom stereocenters. The van der Waals surface area contributed by atoms with E-state index in [4.69, 9.17) is 23.2 Å². The second kappa shape index (κ2) is 8.11. The fourth-order valence-electron chi connectivity index (χ4n) is 3.21. The van der Waals surface area contributed by atoms with E-state index < -0.39 is 6.04 Å². The normalized spacial score (nSPS) is 16.6. The van der Waals surface area contributed by atoms with Crippen LogP contribution in [0.2, 0.25) is 10.0 Å². The molecule has 1 fully saturated rings. The number of carbonyl (C=O) groups is 2. The zero-order valence-corrected chi connectivity index (χ0v) is 16.0. The van der Waals surface area contributed by atoms with Gasteiger partial charge in [0.15, 0.2) is 0 Å². The molecule has 2 aromatic carbocycles. The van der Waals surface area contributed by atoms with Crippen molar-refractivity contribution < 1.29 is 9.59 Å². The smallest absolute Gasteiger partial charge is 0.254 e. The molecule has 1 aliphatic heterocycles. The highest BCUT2D eigenvalue weighted by Crippen LogP contribution is 2.23. The van der Waals surface area contributed by atoms with Gasteiger partial charge in [-0.25, -0.2) is 0 Å². The van der Waals surface area contributed by atoms with E-state index in [-0.39, 0.29) is 11.8 Å². The van der Waals surface area contributed by atoms with Crippen molar-refractivity contribution in [2.24, 2.45) is 0 Å². The maximum atomic E-state index is 12.9. The average molecular weight is 391 g/mol. The van der Waals surface area contributed by atoms with E-state index in [2.05, 4.69) is 5.32 Å². The van der Waals surface area contributed by atoms with Crippen LogP contribution in [0.25, 0.3) is 0 Å². The number of nitrogens with one attached hydrogen (secondary N) is 1. The van der Waals surface area contributed by atoms with E-state index in [1.165, 1.54) is 0 Å². The van der Waals surface area contributed by atoms with Crippen molar-refractivity contribution in [2.75, 3.05) is 6.54 Å². The summed E-state index contributed by atoms with van der Waals surface area (Å²) in [6, 6.07) is 12.1. The summed E-state index contributed by atoms with van der Waals surface area (Å²) in [5.41, 5.74) is 2.37. The highest BCUT2D eigenvalue weighted by Gasteiger charge is 2.34. The summed E-state index contributed by atoms with van der Waals surface area (Å²) >= 11 is 11.8. The van der Waals surface area contributed by atoms with Gasteiger partial charge in [0.25, 0.3) is 5.91 Å². The minimum atomic E-state index is -0.440. The molecule has 1 N–H and O–H groups in total. The molecule has 0 aromatic heterocycles. The lowest BCUT2D eigenvalue weighted by molar-refractivity contribution is -0.125. The molecule has 1 saturated heterocycles. The van der Waals surface area contributed by atoms with Crippen molar-refractivity contribution in [2.45, 2.75) is 32.4 Å². The Bertz CT molecular complexity index is 821. The summed E-state index contributed by atoms with van der Waals surface area (Å²) in [4.78, 5) is 27.2. The van der Waals surface area contributed by atoms with Crippen molar-refractivity contribution in [1.29, 1.82) is 0 Å². The molecule has 6 heteroatoms. The summed E-state index contributed by atoms with van der Waals surface area (Å²) in [6.07, 6.45) is 1.49. The number of carbonyl (C=O) groups excluding carboxylic acids is 2. The quantitative estimate of drug-likeness (QED) is 0.849. The van der Waals surface area contributed by atoms with Crippen LogP contribution >= 0.6 is 23.2 Å². The number of benzene rings is 2. The number of nitrogens with zero attached hydrogens (tertiary/aromatic N) is 1. The third-order valence-electron chi connectivity index (χ3n) is 4.62. The Morgan fingerprint density at radius 3 is 2.50 bits per heavy atom. The first kappa shape index (κ1) is 18.7. The van der Waals surface area contributed by atoms with E-state index in [9.17, 15) is 9.59 Å². The van der Waals surface area contributed by atoms with Crippen molar-refractivity contribution in [3.05, 3.63) is 69.2 Å². The fraction of sp³-hybridized carbons (Fsp3) is 0.300. The predicted molar refractivity (Wildman–Crippen MR) is 104 cm³/mol. The van der Waals surface area contributed by atoms with E-state index in [0.29, 0.717) is 35.1 Å². The molecule has 26 heavy (non-hydrogen) atoms. The van der Waals surface area contributed by atoms with Crippen LogP contribution in [0, 0.1) is 6.92 Å². The molecule has 0 radical (unpaired) electrons. The van der Waals surface area contributed by atoms with E-state index in [1.807, 2.05) is 19.1 Å². The number of aryl methyl sites for hydroxylation is 1. The second-order valence-electron chi connectivity index (χ2n) is 6.46. The van der Waals surface area contributed by atoms with Crippen LogP contribution in [0.5, 0.6) is 0 Å². The van der Waals surface area contributed by atoms with Crippen molar-refractivity contribution >= 4 is 35.0 Å². The first-order valence-electron chi connectivity index (χ1n) is 8.55. The molecule has 2 aromatic rings. The Labute approximate surface area is 163 Å². The average Bonchev–Trinajstić information content (AvgIpc) is 3.10. The molecule has 0 spiro atoms. The van der Waals surface area contributed by atoms with Gasteiger partial charge in [0, 0.05) is 28.7 Å². The maximum absolute atomic E-state index is 12.9. The summed E-state index contributed by atoms with van der Waals surface area (Å²) in [5.74, 6) is -0.249. The van der Waals surface area contributed by atoms with Gasteiger partial charge in [-0.2, -0.15) is 0 Å². The van der Waals surface area contributed by atoms with E-state index in [0.717, 1.165) is 17.5 Å². The van der Waals surface area contributed by atoms with Gasteiger partial charge >= 0.3 is 0 Å². The number of rotatable bonds is 4. The van der Waals surface area contributed by atoms with Gasteiger partial charge in [0.1, 0.15) is 6.04 Å². The lowest BCUT2D eigenvalue weighted by atomic mass is 10.1. The van der Waals surface area contributed by atoms with Crippen LogP contribution in [0.15, 0.2) is 42.5 Å². The summed E-state index contributed by atoms with van der Waals surface area (Å²) < 4.78 is 0. The van der Waals surface area contributed by atoms with Gasteiger partial charge in [-0.1, -0.05) is 35.3 Å². The van der Waals surface area contributed by atoms with Crippen LogP contribution in [-0.4, -0.2) is 29.3 Å². The third-order valence-corrected chi connectivity index (χ3v) is 5.10. The molecule has 0 aliphatic carbocycles. The lowest BCUT2D eigenvalue weighted by Crippen LogP contribution is -2.45. The van der Waals surface area contributed by atoms with Crippen molar-refractivity contribution in [3.8, 4) is 0 Å². The lowest BCUT2D eigenvalue weighted by Gasteiger charge is -2.24. The molecular formula is C20H20Cl2N2O2. The summed E-state index contributed by atoms with van der Waals surface area (Å²) in [6.45, 7) is 2.85. The van der Waals surface area contributed by atoms with Gasteiger partial charge in [0.2, 0.25) is 5.91 Å². The van der Waals surface area contributed by atoms with Crippen LogP contribution in [0.1, 0.15) is 34.3 Å². The standard InChI is InChI=1S/C20H20Cl2N2O2/c1-13-11-16(22)8-9-17(13)20(26)24-10-2-3-18(24)19(25)23-12-14-4-6-15(21)7-5-14/h4-9,11,18H,2-3,10,12H2,1H3,(H,23,25). The van der Waals surface area contributed by atoms with Crippen LogP contribution in [0.3, 0.4) is 0 Å². The van der Waals surface area contributed by atoms with Crippen LogP contribution in [0.4, 0.5) is 0 Å². The largest absolute Gasteiger partial charge is 0.350 e. The number of hydrogen-bond donors (Lipinski definition) is 1. The molecule has 0 bridgehead atoms. The fourth-order valence-corrected chi connectivity index (χ4v) is 3.57. The molecule has 2 amide bonds. The van der Waals surface area contributed by atoms with Gasteiger partial charge in [-0.15, -0.1) is 0 Å². The zero-order valence-electron chi connectivity index (χ0n) is 14.5. The van der Waals surface area contributed by atoms with E-state index in [1.54, 1.807) is 35.2 Å². The second-order valence-corrected chi connectivity index (χ2v) is 7.33. The molecular weight excluding hydrogens is 371 g/mol. The van der Waals surface area contributed by atoms with Gasteiger partial charge in [-0.05, 0) is 61.2 Å². The molecule has 1 aliphatic rings. The number of likely N-dealkylation sites (tertiary alicyclic amines) is 1. The number of hydrogen-bond acceptors (Lipinski definition) is 2. The van der Waals surface area contributed by atoms with Gasteiger partial charge in [-0.3, -0.25) is 9.59 Å². The van der Waals surface area contributed by atoms with Crippen LogP contribution < -0.4 is 5.32 Å². The Balaban J connectivity index is 1.67. The third kappa shape index (κ3) is 4.19. The predicted octanol–water partition coefficient (Wildman–Crippen LogP) is 4.22. The molecule has 3 rings (SSSR count). The summed E-state index contributed by atoms with van der Waals surface area (Å²) in [7, 11) is 0. The number of amides is 2. The molecule has 1 heterocycles.